The minimum atomic E-state index is -0.132. The summed E-state index contributed by atoms with van der Waals surface area (Å²) in [5, 5.41) is 11.8. The summed E-state index contributed by atoms with van der Waals surface area (Å²) in [5.74, 6) is 0.298. The van der Waals surface area contributed by atoms with Gasteiger partial charge in [0.1, 0.15) is 11.4 Å². The third-order valence-corrected chi connectivity index (χ3v) is 3.50. The highest BCUT2D eigenvalue weighted by Gasteiger charge is 2.13. The Labute approximate surface area is 118 Å². The fourth-order valence-electron chi connectivity index (χ4n) is 2.36. The SMILES string of the molecule is COc1cc(C(=O)NCCN2CCCC2)ccc1NO. The van der Waals surface area contributed by atoms with Crippen LogP contribution in [0.25, 0.3) is 0 Å². The molecule has 2 rings (SSSR count). The van der Waals surface area contributed by atoms with Crippen LogP contribution < -0.4 is 15.5 Å². The van der Waals surface area contributed by atoms with Crippen LogP contribution in [0, 0.1) is 0 Å². The third kappa shape index (κ3) is 3.61. The molecule has 0 atom stereocenters. The lowest BCUT2D eigenvalue weighted by atomic mass is 10.2. The van der Waals surface area contributed by atoms with E-state index in [9.17, 15) is 4.79 Å². The van der Waals surface area contributed by atoms with Crippen LogP contribution in [-0.4, -0.2) is 49.3 Å². The van der Waals surface area contributed by atoms with Crippen LogP contribution in [-0.2, 0) is 0 Å². The second-order valence-electron chi connectivity index (χ2n) is 4.83. The number of benzene rings is 1. The average Bonchev–Trinajstić information content (AvgIpc) is 2.99. The molecular weight excluding hydrogens is 258 g/mol. The Kier molecular flexibility index (Phi) is 5.20. The molecule has 0 saturated carbocycles. The normalized spacial score (nSPS) is 15.1. The fourth-order valence-corrected chi connectivity index (χ4v) is 2.36. The van der Waals surface area contributed by atoms with Crippen LogP contribution in [0.4, 0.5) is 5.69 Å². The van der Waals surface area contributed by atoms with Gasteiger partial charge >= 0.3 is 0 Å². The van der Waals surface area contributed by atoms with Crippen molar-refractivity contribution in [3.05, 3.63) is 23.8 Å². The molecule has 1 aliphatic heterocycles. The largest absolute Gasteiger partial charge is 0.494 e. The zero-order valence-electron chi connectivity index (χ0n) is 11.7. The van der Waals surface area contributed by atoms with Gasteiger partial charge in [-0.2, -0.15) is 0 Å². The predicted molar refractivity (Wildman–Crippen MR) is 76.4 cm³/mol. The van der Waals surface area contributed by atoms with E-state index < -0.39 is 0 Å². The molecule has 1 amide bonds. The first kappa shape index (κ1) is 14.6. The number of carbonyl (C=O) groups is 1. The quantitative estimate of drug-likeness (QED) is 0.685. The molecule has 0 unspecified atom stereocenters. The molecule has 110 valence electrons. The fraction of sp³-hybridized carbons (Fsp3) is 0.500. The van der Waals surface area contributed by atoms with Crippen molar-refractivity contribution in [2.75, 3.05) is 38.8 Å². The molecular formula is C14H21N3O3. The molecule has 1 aromatic carbocycles. The van der Waals surface area contributed by atoms with E-state index in [1.807, 2.05) is 5.48 Å². The third-order valence-electron chi connectivity index (χ3n) is 3.50. The summed E-state index contributed by atoms with van der Waals surface area (Å²) in [6, 6.07) is 4.85. The van der Waals surface area contributed by atoms with Crippen molar-refractivity contribution in [1.82, 2.24) is 10.2 Å². The van der Waals surface area contributed by atoms with E-state index in [1.54, 1.807) is 18.2 Å². The van der Waals surface area contributed by atoms with Gasteiger partial charge in [-0.1, -0.05) is 0 Å². The Morgan fingerprint density at radius 3 is 2.80 bits per heavy atom. The molecule has 0 radical (unpaired) electrons. The van der Waals surface area contributed by atoms with Crippen molar-refractivity contribution >= 4 is 11.6 Å². The molecule has 1 saturated heterocycles. The number of nitrogens with one attached hydrogen (secondary N) is 2. The maximum absolute atomic E-state index is 12.0. The average molecular weight is 279 g/mol. The highest BCUT2D eigenvalue weighted by molar-refractivity contribution is 5.95. The molecule has 20 heavy (non-hydrogen) atoms. The number of nitrogens with zero attached hydrogens (tertiary/aromatic N) is 1. The molecule has 6 nitrogen and oxygen atoms in total. The van der Waals surface area contributed by atoms with E-state index >= 15 is 0 Å². The molecule has 0 bridgehead atoms. The van der Waals surface area contributed by atoms with Crippen LogP contribution in [0.1, 0.15) is 23.2 Å². The van der Waals surface area contributed by atoms with Gasteiger partial charge in [0, 0.05) is 18.7 Å². The summed E-state index contributed by atoms with van der Waals surface area (Å²) in [5.41, 5.74) is 2.98. The Bertz CT molecular complexity index is 459. The summed E-state index contributed by atoms with van der Waals surface area (Å²) >= 11 is 0. The molecule has 0 aromatic heterocycles. The van der Waals surface area contributed by atoms with E-state index in [0.29, 0.717) is 23.5 Å². The first-order valence-electron chi connectivity index (χ1n) is 6.83. The highest BCUT2D eigenvalue weighted by Crippen LogP contribution is 2.24. The van der Waals surface area contributed by atoms with E-state index in [-0.39, 0.29) is 5.91 Å². The van der Waals surface area contributed by atoms with Crippen molar-refractivity contribution in [1.29, 1.82) is 0 Å². The lowest BCUT2D eigenvalue weighted by Gasteiger charge is -2.15. The molecule has 6 heteroatoms. The number of anilines is 1. The number of methoxy groups -OCH3 is 1. The van der Waals surface area contributed by atoms with Crippen LogP contribution in [0.15, 0.2) is 18.2 Å². The van der Waals surface area contributed by atoms with Gasteiger partial charge in [-0.3, -0.25) is 15.5 Å². The van der Waals surface area contributed by atoms with Crippen molar-refractivity contribution in [3.8, 4) is 5.75 Å². The summed E-state index contributed by atoms with van der Waals surface area (Å²) in [6.07, 6.45) is 2.50. The topological polar surface area (TPSA) is 73.8 Å². The first-order chi connectivity index (χ1) is 9.74. The summed E-state index contributed by atoms with van der Waals surface area (Å²) in [6.45, 7) is 3.78. The second-order valence-corrected chi connectivity index (χ2v) is 4.83. The number of carbonyl (C=O) groups excluding carboxylic acids is 1. The zero-order valence-corrected chi connectivity index (χ0v) is 11.7. The van der Waals surface area contributed by atoms with E-state index in [1.165, 1.54) is 20.0 Å². The van der Waals surface area contributed by atoms with Gasteiger partial charge in [-0.25, -0.2) is 0 Å². The van der Waals surface area contributed by atoms with Crippen molar-refractivity contribution in [3.63, 3.8) is 0 Å². The lowest BCUT2D eigenvalue weighted by molar-refractivity contribution is 0.0949. The second kappa shape index (κ2) is 7.12. The van der Waals surface area contributed by atoms with Crippen molar-refractivity contribution < 1.29 is 14.7 Å². The predicted octanol–water partition coefficient (Wildman–Crippen LogP) is 1.32. The van der Waals surface area contributed by atoms with E-state index in [2.05, 4.69) is 10.2 Å². The van der Waals surface area contributed by atoms with Gasteiger partial charge in [0.15, 0.2) is 0 Å². The Morgan fingerprint density at radius 2 is 2.15 bits per heavy atom. The molecule has 1 fully saturated rings. The van der Waals surface area contributed by atoms with Gasteiger partial charge in [0.05, 0.1) is 7.11 Å². The van der Waals surface area contributed by atoms with Gasteiger partial charge in [0.25, 0.3) is 5.91 Å². The number of ether oxygens (including phenoxy) is 1. The Hall–Kier alpha value is -1.79. The minimum absolute atomic E-state index is 0.132. The molecule has 3 N–H and O–H groups in total. The first-order valence-corrected chi connectivity index (χ1v) is 6.83. The molecule has 0 aliphatic carbocycles. The zero-order chi connectivity index (χ0) is 14.4. The molecule has 1 heterocycles. The van der Waals surface area contributed by atoms with Gasteiger partial charge in [0.2, 0.25) is 0 Å². The smallest absolute Gasteiger partial charge is 0.251 e. The maximum atomic E-state index is 12.0. The van der Waals surface area contributed by atoms with Crippen LogP contribution in [0.3, 0.4) is 0 Å². The van der Waals surface area contributed by atoms with Crippen molar-refractivity contribution in [2.45, 2.75) is 12.8 Å². The van der Waals surface area contributed by atoms with Crippen molar-refractivity contribution in [2.24, 2.45) is 0 Å². The monoisotopic (exact) mass is 279 g/mol. The van der Waals surface area contributed by atoms with E-state index in [0.717, 1.165) is 19.6 Å². The van der Waals surface area contributed by atoms with Crippen LogP contribution >= 0.6 is 0 Å². The summed E-state index contributed by atoms with van der Waals surface area (Å²) in [7, 11) is 1.49. The van der Waals surface area contributed by atoms with Gasteiger partial charge in [-0.05, 0) is 44.1 Å². The lowest BCUT2D eigenvalue weighted by Crippen LogP contribution is -2.33. The number of hydrogen-bond acceptors (Lipinski definition) is 5. The van der Waals surface area contributed by atoms with Gasteiger partial charge < -0.3 is 15.0 Å². The maximum Gasteiger partial charge on any atom is 0.251 e. The number of likely N-dealkylation sites (tertiary alicyclic amines) is 1. The number of hydrogen-bond donors (Lipinski definition) is 3. The number of rotatable bonds is 6. The van der Waals surface area contributed by atoms with Crippen LogP contribution in [0.5, 0.6) is 5.75 Å². The molecule has 1 aromatic rings. The molecule has 0 spiro atoms. The minimum Gasteiger partial charge on any atom is -0.494 e. The summed E-state index contributed by atoms with van der Waals surface area (Å²) in [4.78, 5) is 14.4. The Morgan fingerprint density at radius 1 is 1.40 bits per heavy atom. The van der Waals surface area contributed by atoms with Gasteiger partial charge in [-0.15, -0.1) is 0 Å². The number of amides is 1. The Balaban J connectivity index is 1.88. The van der Waals surface area contributed by atoms with E-state index in [4.69, 9.17) is 9.94 Å². The standard InChI is InChI=1S/C14H21N3O3/c1-20-13-10-11(4-5-12(13)16-19)14(18)15-6-9-17-7-2-3-8-17/h4-5,10,16,19H,2-3,6-9H2,1H3,(H,15,18). The highest BCUT2D eigenvalue weighted by atomic mass is 16.5. The van der Waals surface area contributed by atoms with Crippen LogP contribution in [0.2, 0.25) is 0 Å². The summed E-state index contributed by atoms with van der Waals surface area (Å²) < 4.78 is 5.10. The molecule has 1 aliphatic rings.